The van der Waals surface area contributed by atoms with Crippen LogP contribution in [-0.4, -0.2) is 14.9 Å². The molecule has 0 aliphatic heterocycles. The van der Waals surface area contributed by atoms with Crippen LogP contribution in [-0.2, 0) is 6.54 Å². The molecule has 4 nitrogen and oxygen atoms in total. The van der Waals surface area contributed by atoms with Crippen molar-refractivity contribution in [1.82, 2.24) is 9.78 Å². The minimum atomic E-state index is -0.249. The first-order valence-electron chi connectivity index (χ1n) is 7.62. The summed E-state index contributed by atoms with van der Waals surface area (Å²) in [5, 5.41) is 11.5. The summed E-state index contributed by atoms with van der Waals surface area (Å²) in [6, 6.07) is 12.2. The first kappa shape index (κ1) is 17.4. The zero-order valence-corrected chi connectivity index (χ0v) is 15.0. The molecule has 0 unspecified atom stereocenters. The third-order valence-electron chi connectivity index (χ3n) is 3.70. The van der Waals surface area contributed by atoms with Crippen molar-refractivity contribution >= 4 is 40.3 Å². The van der Waals surface area contributed by atoms with Crippen LogP contribution >= 0.6 is 23.8 Å². The summed E-state index contributed by atoms with van der Waals surface area (Å²) in [5.41, 5.74) is 3.05. The zero-order valence-electron chi connectivity index (χ0n) is 13.5. The highest BCUT2D eigenvalue weighted by atomic mass is 35.5. The molecule has 0 radical (unpaired) electrons. The minimum Gasteiger partial charge on any atom is -0.332 e. The van der Waals surface area contributed by atoms with Crippen LogP contribution in [0.4, 0.5) is 15.8 Å². The fraction of sp³-hybridized carbons (Fsp3) is 0.111. The van der Waals surface area contributed by atoms with Crippen LogP contribution in [0.15, 0.2) is 54.9 Å². The lowest BCUT2D eigenvalue weighted by Crippen LogP contribution is -2.19. The van der Waals surface area contributed by atoms with Crippen molar-refractivity contribution in [3.63, 3.8) is 0 Å². The molecule has 3 rings (SSSR count). The molecule has 0 aliphatic carbocycles. The standard InChI is InChI=1S/C18H16ClFN4S/c1-12-15(19)6-4-8-17(12)23-18(25)22-14-9-21-24(11-14)10-13-5-2-3-7-16(13)20/h2-9,11H,10H2,1H3,(H2,22,23,25). The van der Waals surface area contributed by atoms with Crippen LogP contribution in [0.3, 0.4) is 0 Å². The van der Waals surface area contributed by atoms with Crippen LogP contribution in [0.1, 0.15) is 11.1 Å². The number of rotatable bonds is 4. The molecule has 0 bridgehead atoms. The lowest BCUT2D eigenvalue weighted by molar-refractivity contribution is 0.585. The van der Waals surface area contributed by atoms with E-state index >= 15 is 0 Å². The molecule has 0 fully saturated rings. The molecule has 1 aromatic heterocycles. The average molecular weight is 375 g/mol. The molecule has 128 valence electrons. The molecule has 25 heavy (non-hydrogen) atoms. The molecule has 0 saturated carbocycles. The van der Waals surface area contributed by atoms with Crippen molar-refractivity contribution in [3.05, 3.63) is 76.8 Å². The maximum absolute atomic E-state index is 13.7. The van der Waals surface area contributed by atoms with Gasteiger partial charge >= 0.3 is 0 Å². The summed E-state index contributed by atoms with van der Waals surface area (Å²) in [6.45, 7) is 2.27. The van der Waals surface area contributed by atoms with E-state index in [0.29, 0.717) is 27.9 Å². The quantitative estimate of drug-likeness (QED) is 0.641. The summed E-state index contributed by atoms with van der Waals surface area (Å²) < 4.78 is 15.4. The maximum atomic E-state index is 13.7. The number of anilines is 2. The molecular formula is C18H16ClFN4S. The summed E-state index contributed by atoms with van der Waals surface area (Å²) in [4.78, 5) is 0. The SMILES string of the molecule is Cc1c(Cl)cccc1NC(=S)Nc1cnn(Cc2ccccc2F)c1. The molecule has 1 heterocycles. The number of benzene rings is 2. The first-order valence-corrected chi connectivity index (χ1v) is 8.40. The Hall–Kier alpha value is -2.44. The summed E-state index contributed by atoms with van der Waals surface area (Å²) in [6.07, 6.45) is 3.41. The van der Waals surface area contributed by atoms with Gasteiger partial charge in [-0.05, 0) is 42.9 Å². The number of aromatic nitrogens is 2. The van der Waals surface area contributed by atoms with E-state index in [1.807, 2.05) is 25.1 Å². The molecule has 7 heteroatoms. The Bertz CT molecular complexity index is 910. The van der Waals surface area contributed by atoms with Gasteiger partial charge in [-0.2, -0.15) is 5.10 Å². The van der Waals surface area contributed by atoms with Gasteiger partial charge in [-0.1, -0.05) is 35.9 Å². The Kier molecular flexibility index (Phi) is 5.31. The third kappa shape index (κ3) is 4.35. The molecular weight excluding hydrogens is 359 g/mol. The molecule has 3 aromatic rings. The van der Waals surface area contributed by atoms with Gasteiger partial charge in [0.05, 0.1) is 18.4 Å². The van der Waals surface area contributed by atoms with Gasteiger partial charge in [0.25, 0.3) is 0 Å². The number of hydrogen-bond acceptors (Lipinski definition) is 2. The number of nitrogens with zero attached hydrogens (tertiary/aromatic N) is 2. The monoisotopic (exact) mass is 374 g/mol. The fourth-order valence-corrected chi connectivity index (χ4v) is 2.75. The molecule has 0 atom stereocenters. The van der Waals surface area contributed by atoms with Crippen molar-refractivity contribution in [2.75, 3.05) is 10.6 Å². The fourth-order valence-electron chi connectivity index (χ4n) is 2.34. The Morgan fingerprint density at radius 2 is 2.00 bits per heavy atom. The van der Waals surface area contributed by atoms with Crippen LogP contribution < -0.4 is 10.6 Å². The normalized spacial score (nSPS) is 10.5. The van der Waals surface area contributed by atoms with Crippen LogP contribution in [0, 0.1) is 12.7 Å². The van der Waals surface area contributed by atoms with Gasteiger partial charge in [0.2, 0.25) is 0 Å². The van der Waals surface area contributed by atoms with Gasteiger partial charge in [-0.15, -0.1) is 0 Å². The zero-order chi connectivity index (χ0) is 17.8. The second-order valence-corrected chi connectivity index (χ2v) is 6.32. The van der Waals surface area contributed by atoms with Crippen molar-refractivity contribution in [2.24, 2.45) is 0 Å². The van der Waals surface area contributed by atoms with Gasteiger partial charge < -0.3 is 10.6 Å². The van der Waals surface area contributed by atoms with Crippen molar-refractivity contribution in [3.8, 4) is 0 Å². The highest BCUT2D eigenvalue weighted by molar-refractivity contribution is 7.80. The van der Waals surface area contributed by atoms with E-state index in [1.54, 1.807) is 35.3 Å². The second kappa shape index (κ2) is 7.63. The first-order chi connectivity index (χ1) is 12.0. The van der Waals surface area contributed by atoms with Crippen molar-refractivity contribution < 1.29 is 4.39 Å². The van der Waals surface area contributed by atoms with Crippen LogP contribution in [0.5, 0.6) is 0 Å². The summed E-state index contributed by atoms with van der Waals surface area (Å²) >= 11 is 11.4. The predicted molar refractivity (Wildman–Crippen MR) is 104 cm³/mol. The van der Waals surface area contributed by atoms with Gasteiger partial charge in [-0.25, -0.2) is 4.39 Å². The lowest BCUT2D eigenvalue weighted by atomic mass is 10.2. The Morgan fingerprint density at radius 1 is 1.20 bits per heavy atom. The number of thiocarbonyl (C=S) groups is 1. The third-order valence-corrected chi connectivity index (χ3v) is 4.31. The molecule has 2 aromatic carbocycles. The van der Waals surface area contributed by atoms with E-state index in [1.165, 1.54) is 6.07 Å². The predicted octanol–water partition coefficient (Wildman–Crippen LogP) is 4.84. The van der Waals surface area contributed by atoms with Gasteiger partial charge in [0, 0.05) is 22.5 Å². The van der Waals surface area contributed by atoms with Gasteiger partial charge in [0.15, 0.2) is 5.11 Å². The summed E-state index contributed by atoms with van der Waals surface area (Å²) in [7, 11) is 0. The van der Waals surface area contributed by atoms with Crippen LogP contribution in [0.2, 0.25) is 5.02 Å². The molecule has 0 spiro atoms. The highest BCUT2D eigenvalue weighted by Crippen LogP contribution is 2.23. The van der Waals surface area contributed by atoms with Crippen LogP contribution in [0.25, 0.3) is 0 Å². The van der Waals surface area contributed by atoms with E-state index < -0.39 is 0 Å². The maximum Gasteiger partial charge on any atom is 0.175 e. The molecule has 0 aliphatic rings. The molecule has 0 amide bonds. The Labute approximate surface area is 155 Å². The minimum absolute atomic E-state index is 0.249. The van der Waals surface area contributed by atoms with Crippen molar-refractivity contribution in [2.45, 2.75) is 13.5 Å². The average Bonchev–Trinajstić information content (AvgIpc) is 3.01. The Morgan fingerprint density at radius 3 is 2.80 bits per heavy atom. The smallest absolute Gasteiger partial charge is 0.175 e. The Balaban J connectivity index is 1.64. The van der Waals surface area contributed by atoms with E-state index in [0.717, 1.165) is 11.3 Å². The number of hydrogen-bond donors (Lipinski definition) is 2. The van der Waals surface area contributed by atoms with Gasteiger partial charge in [0.1, 0.15) is 5.82 Å². The van der Waals surface area contributed by atoms with Gasteiger partial charge in [-0.3, -0.25) is 4.68 Å². The van der Waals surface area contributed by atoms with E-state index in [4.69, 9.17) is 23.8 Å². The van der Waals surface area contributed by atoms with Crippen molar-refractivity contribution in [1.29, 1.82) is 0 Å². The molecule has 0 saturated heterocycles. The lowest BCUT2D eigenvalue weighted by Gasteiger charge is -2.12. The van der Waals surface area contributed by atoms with E-state index in [2.05, 4.69) is 15.7 Å². The van der Waals surface area contributed by atoms with E-state index in [-0.39, 0.29) is 5.82 Å². The topological polar surface area (TPSA) is 41.9 Å². The largest absolute Gasteiger partial charge is 0.332 e. The highest BCUT2D eigenvalue weighted by Gasteiger charge is 2.07. The molecule has 2 N–H and O–H groups in total. The van der Waals surface area contributed by atoms with E-state index in [9.17, 15) is 4.39 Å². The summed E-state index contributed by atoms with van der Waals surface area (Å²) in [5.74, 6) is -0.249. The number of nitrogens with one attached hydrogen (secondary N) is 2. The number of halogens is 2. The second-order valence-electron chi connectivity index (χ2n) is 5.51.